The van der Waals surface area contributed by atoms with E-state index in [0.29, 0.717) is 0 Å². The summed E-state index contributed by atoms with van der Waals surface area (Å²) in [6, 6.07) is 0. The van der Waals surface area contributed by atoms with E-state index < -0.39 is 5.97 Å². The van der Waals surface area contributed by atoms with Gasteiger partial charge in [-0.3, -0.25) is 9.59 Å². The maximum atomic E-state index is 11.3. The molecular weight excluding hydrogens is 158 g/mol. The molecule has 0 aliphatic heterocycles. The predicted octanol–water partition coefficient (Wildman–Crippen LogP) is 0.575. The quantitative estimate of drug-likeness (QED) is 0.676. The highest BCUT2D eigenvalue weighted by atomic mass is 16.4. The molecule has 12 heavy (non-hydrogen) atoms. The molecule has 4 nitrogen and oxygen atoms in total. The molecule has 0 aliphatic rings. The predicted molar refractivity (Wildman–Crippen MR) is 44.7 cm³/mol. The van der Waals surface area contributed by atoms with Gasteiger partial charge in [0.1, 0.15) is 6.54 Å². The van der Waals surface area contributed by atoms with Gasteiger partial charge in [0.05, 0.1) is 0 Å². The van der Waals surface area contributed by atoms with Gasteiger partial charge < -0.3 is 10.0 Å². The lowest BCUT2D eigenvalue weighted by Gasteiger charge is -2.18. The van der Waals surface area contributed by atoms with Crippen molar-refractivity contribution in [1.82, 2.24) is 4.90 Å². The zero-order valence-electron chi connectivity index (χ0n) is 7.70. The van der Waals surface area contributed by atoms with Crippen LogP contribution in [0.1, 0.15) is 20.3 Å². The Hall–Kier alpha value is -1.06. The SMILES string of the molecule is CCC(C)C(=O)N(C)CC(=O)O. The van der Waals surface area contributed by atoms with Crippen molar-refractivity contribution in [1.29, 1.82) is 0 Å². The fourth-order valence-electron chi connectivity index (χ4n) is 0.832. The molecule has 0 aromatic rings. The summed E-state index contributed by atoms with van der Waals surface area (Å²) >= 11 is 0. The van der Waals surface area contributed by atoms with Crippen molar-refractivity contribution in [2.24, 2.45) is 5.92 Å². The highest BCUT2D eigenvalue weighted by Crippen LogP contribution is 2.04. The fraction of sp³-hybridized carbons (Fsp3) is 0.750. The summed E-state index contributed by atoms with van der Waals surface area (Å²) in [5.41, 5.74) is 0. The molecule has 0 radical (unpaired) electrons. The van der Waals surface area contributed by atoms with Gasteiger partial charge in [0.15, 0.2) is 0 Å². The van der Waals surface area contributed by atoms with Crippen LogP contribution in [0.2, 0.25) is 0 Å². The van der Waals surface area contributed by atoms with Gasteiger partial charge in [0.2, 0.25) is 5.91 Å². The Kier molecular flexibility index (Phi) is 4.33. The highest BCUT2D eigenvalue weighted by Gasteiger charge is 2.16. The molecular formula is C8H15NO3. The zero-order valence-corrected chi connectivity index (χ0v) is 7.70. The zero-order chi connectivity index (χ0) is 9.72. The topological polar surface area (TPSA) is 57.6 Å². The van der Waals surface area contributed by atoms with Crippen LogP contribution in [-0.4, -0.2) is 35.5 Å². The number of carbonyl (C=O) groups is 2. The Labute approximate surface area is 72.2 Å². The van der Waals surface area contributed by atoms with E-state index in [0.717, 1.165) is 6.42 Å². The van der Waals surface area contributed by atoms with E-state index >= 15 is 0 Å². The van der Waals surface area contributed by atoms with E-state index in [-0.39, 0.29) is 18.4 Å². The minimum Gasteiger partial charge on any atom is -0.480 e. The molecule has 0 spiro atoms. The highest BCUT2D eigenvalue weighted by molar-refractivity contribution is 5.82. The van der Waals surface area contributed by atoms with Crippen LogP contribution in [0.4, 0.5) is 0 Å². The van der Waals surface area contributed by atoms with Gasteiger partial charge in [-0.05, 0) is 6.42 Å². The molecule has 4 heteroatoms. The maximum absolute atomic E-state index is 11.3. The van der Waals surface area contributed by atoms with E-state index in [2.05, 4.69) is 0 Å². The number of carboxylic acids is 1. The molecule has 0 saturated heterocycles. The summed E-state index contributed by atoms with van der Waals surface area (Å²) in [6.07, 6.45) is 0.739. The number of nitrogens with zero attached hydrogens (tertiary/aromatic N) is 1. The molecule has 0 fully saturated rings. The summed E-state index contributed by atoms with van der Waals surface area (Å²) in [5, 5.41) is 8.39. The second-order valence-electron chi connectivity index (χ2n) is 2.90. The third-order valence-electron chi connectivity index (χ3n) is 1.78. The first-order valence-corrected chi connectivity index (χ1v) is 3.95. The molecule has 0 aromatic heterocycles. The fourth-order valence-corrected chi connectivity index (χ4v) is 0.832. The third kappa shape index (κ3) is 3.37. The van der Waals surface area contributed by atoms with E-state index in [1.54, 1.807) is 6.92 Å². The van der Waals surface area contributed by atoms with Crippen LogP contribution in [0.3, 0.4) is 0 Å². The van der Waals surface area contributed by atoms with Crippen molar-refractivity contribution in [2.45, 2.75) is 20.3 Å². The second kappa shape index (κ2) is 4.74. The van der Waals surface area contributed by atoms with Crippen LogP contribution in [0.5, 0.6) is 0 Å². The van der Waals surface area contributed by atoms with Crippen LogP contribution in [0.25, 0.3) is 0 Å². The van der Waals surface area contributed by atoms with E-state index in [1.165, 1.54) is 11.9 Å². The van der Waals surface area contributed by atoms with Crippen LogP contribution < -0.4 is 0 Å². The Morgan fingerprint density at radius 2 is 2.00 bits per heavy atom. The summed E-state index contributed by atoms with van der Waals surface area (Å²) in [5.74, 6) is -1.18. The number of carbonyl (C=O) groups excluding carboxylic acids is 1. The molecule has 1 atom stereocenters. The van der Waals surface area contributed by atoms with Crippen LogP contribution in [0.15, 0.2) is 0 Å². The number of rotatable bonds is 4. The average Bonchev–Trinajstić information content (AvgIpc) is 2.00. The Morgan fingerprint density at radius 3 is 2.33 bits per heavy atom. The van der Waals surface area contributed by atoms with Crippen LogP contribution >= 0.6 is 0 Å². The van der Waals surface area contributed by atoms with Gasteiger partial charge in [0, 0.05) is 13.0 Å². The molecule has 70 valence electrons. The molecule has 0 aromatic carbocycles. The first kappa shape index (κ1) is 10.9. The Morgan fingerprint density at radius 1 is 1.50 bits per heavy atom. The smallest absolute Gasteiger partial charge is 0.323 e. The molecule has 1 N–H and O–H groups in total. The summed E-state index contributed by atoms with van der Waals surface area (Å²) < 4.78 is 0. The van der Waals surface area contributed by atoms with Crippen molar-refractivity contribution >= 4 is 11.9 Å². The molecule has 1 unspecified atom stereocenters. The Balaban J connectivity index is 4.01. The van der Waals surface area contributed by atoms with Crippen LogP contribution in [0, 0.1) is 5.92 Å². The molecule has 0 saturated carbocycles. The lowest BCUT2D eigenvalue weighted by Crippen LogP contribution is -2.35. The van der Waals surface area contributed by atoms with Crippen molar-refractivity contribution in [3.8, 4) is 0 Å². The van der Waals surface area contributed by atoms with Gasteiger partial charge in [0.25, 0.3) is 0 Å². The molecule has 1 amide bonds. The van der Waals surface area contributed by atoms with Gasteiger partial charge in [-0.1, -0.05) is 13.8 Å². The summed E-state index contributed by atoms with van der Waals surface area (Å²) in [6.45, 7) is 3.47. The summed E-state index contributed by atoms with van der Waals surface area (Å²) in [4.78, 5) is 22.7. The minimum absolute atomic E-state index is 0.0886. The number of hydrogen-bond donors (Lipinski definition) is 1. The van der Waals surface area contributed by atoms with E-state index in [9.17, 15) is 9.59 Å². The standard InChI is InChI=1S/C8H15NO3/c1-4-6(2)8(12)9(3)5-7(10)11/h6H,4-5H2,1-3H3,(H,10,11). The van der Waals surface area contributed by atoms with E-state index in [1.807, 2.05) is 6.92 Å². The van der Waals surface area contributed by atoms with E-state index in [4.69, 9.17) is 5.11 Å². The first-order valence-electron chi connectivity index (χ1n) is 3.95. The molecule has 0 heterocycles. The summed E-state index contributed by atoms with van der Waals surface area (Å²) in [7, 11) is 1.50. The monoisotopic (exact) mass is 173 g/mol. The van der Waals surface area contributed by atoms with Crippen molar-refractivity contribution in [2.75, 3.05) is 13.6 Å². The second-order valence-corrected chi connectivity index (χ2v) is 2.90. The van der Waals surface area contributed by atoms with Gasteiger partial charge in [-0.2, -0.15) is 0 Å². The van der Waals surface area contributed by atoms with Crippen LogP contribution in [-0.2, 0) is 9.59 Å². The number of carboxylic acid groups (broad SMARTS) is 1. The Bertz CT molecular complexity index is 179. The van der Waals surface area contributed by atoms with Crippen molar-refractivity contribution in [3.63, 3.8) is 0 Å². The molecule has 0 bridgehead atoms. The third-order valence-corrected chi connectivity index (χ3v) is 1.78. The average molecular weight is 173 g/mol. The number of likely N-dealkylation sites (N-methyl/N-ethyl adjacent to an activating group) is 1. The molecule has 0 aliphatic carbocycles. The normalized spacial score (nSPS) is 12.2. The van der Waals surface area contributed by atoms with Crippen molar-refractivity contribution < 1.29 is 14.7 Å². The largest absolute Gasteiger partial charge is 0.480 e. The molecule has 0 rings (SSSR count). The number of amides is 1. The lowest BCUT2D eigenvalue weighted by molar-refractivity contribution is -0.144. The van der Waals surface area contributed by atoms with Gasteiger partial charge in [-0.25, -0.2) is 0 Å². The minimum atomic E-state index is -0.978. The van der Waals surface area contributed by atoms with Gasteiger partial charge in [-0.15, -0.1) is 0 Å². The number of aliphatic carboxylic acids is 1. The maximum Gasteiger partial charge on any atom is 0.323 e. The lowest BCUT2D eigenvalue weighted by atomic mass is 10.1. The first-order chi connectivity index (χ1) is 5.49. The van der Waals surface area contributed by atoms with Crippen molar-refractivity contribution in [3.05, 3.63) is 0 Å². The number of hydrogen-bond acceptors (Lipinski definition) is 2. The van der Waals surface area contributed by atoms with Gasteiger partial charge >= 0.3 is 5.97 Å².